The third kappa shape index (κ3) is 2.54. The lowest BCUT2D eigenvalue weighted by atomic mass is 10.1. The van der Waals surface area contributed by atoms with Crippen molar-refractivity contribution < 1.29 is 0 Å². The number of nitrogens with zero attached hydrogens (tertiary/aromatic N) is 1. The Bertz CT molecular complexity index is 361. The molecule has 0 unspecified atom stereocenters. The van der Waals surface area contributed by atoms with E-state index < -0.39 is 0 Å². The fourth-order valence-corrected chi connectivity index (χ4v) is 3.04. The summed E-state index contributed by atoms with van der Waals surface area (Å²) in [6, 6.07) is 7.04. The van der Waals surface area contributed by atoms with E-state index in [-0.39, 0.29) is 0 Å². The molecule has 3 heteroatoms. The summed E-state index contributed by atoms with van der Waals surface area (Å²) in [4.78, 5) is 2.40. The van der Waals surface area contributed by atoms with Gasteiger partial charge >= 0.3 is 0 Å². The van der Waals surface area contributed by atoms with E-state index in [1.165, 1.54) is 36.9 Å². The summed E-state index contributed by atoms with van der Waals surface area (Å²) in [5.41, 5.74) is 2.50. The van der Waals surface area contributed by atoms with Crippen molar-refractivity contribution in [3.05, 3.63) is 28.2 Å². The van der Waals surface area contributed by atoms with Crippen molar-refractivity contribution in [3.63, 3.8) is 0 Å². The predicted molar refractivity (Wildman–Crippen MR) is 74.4 cm³/mol. The van der Waals surface area contributed by atoms with Crippen LogP contribution in [0, 0.1) is 0 Å². The van der Waals surface area contributed by atoms with Crippen molar-refractivity contribution >= 4 is 33.2 Å². The lowest BCUT2D eigenvalue weighted by Gasteiger charge is -2.28. The maximum Gasteiger partial charge on any atom is 0.0494 e. The maximum absolute atomic E-state index is 5.99. The molecule has 0 aliphatic heterocycles. The van der Waals surface area contributed by atoms with Crippen LogP contribution in [0.2, 0.25) is 0 Å². The van der Waals surface area contributed by atoms with Crippen LogP contribution in [0.4, 0.5) is 5.69 Å². The number of hydrogen-bond acceptors (Lipinski definition) is 1. The number of halogens is 2. The van der Waals surface area contributed by atoms with Gasteiger partial charge in [0.25, 0.3) is 0 Å². The Morgan fingerprint density at radius 3 is 2.69 bits per heavy atom. The minimum atomic E-state index is 0.583. The molecule has 0 heterocycles. The Morgan fingerprint density at radius 1 is 1.38 bits per heavy atom. The molecule has 0 aromatic heterocycles. The molecule has 0 amide bonds. The van der Waals surface area contributed by atoms with Gasteiger partial charge in [-0.2, -0.15) is 0 Å². The largest absolute Gasteiger partial charge is 0.371 e. The lowest BCUT2D eigenvalue weighted by molar-refractivity contribution is 0.651. The molecule has 1 fully saturated rings. The fraction of sp³-hybridized carbons (Fsp3) is 0.538. The number of benzene rings is 1. The van der Waals surface area contributed by atoms with Crippen molar-refractivity contribution in [2.45, 2.75) is 37.6 Å². The van der Waals surface area contributed by atoms with Gasteiger partial charge in [-0.05, 0) is 30.5 Å². The van der Waals surface area contributed by atoms with E-state index in [9.17, 15) is 0 Å². The highest BCUT2D eigenvalue weighted by Gasteiger charge is 2.21. The summed E-state index contributed by atoms with van der Waals surface area (Å²) in [5, 5.41) is 0. The van der Waals surface area contributed by atoms with Crippen LogP contribution in [0.3, 0.4) is 0 Å². The van der Waals surface area contributed by atoms with Crippen LogP contribution < -0.4 is 4.90 Å². The standard InChI is InChI=1S/C13H17BrClN/c1-16(12-4-2-3-5-12)13-8-11(14)7-6-10(13)9-15/h6-8,12H,2-5,9H2,1H3. The van der Waals surface area contributed by atoms with Gasteiger partial charge in [-0.25, -0.2) is 0 Å². The van der Waals surface area contributed by atoms with Gasteiger partial charge in [-0.15, -0.1) is 11.6 Å². The van der Waals surface area contributed by atoms with Crippen LogP contribution in [0.1, 0.15) is 31.2 Å². The van der Waals surface area contributed by atoms with Crippen LogP contribution in [0.15, 0.2) is 22.7 Å². The van der Waals surface area contributed by atoms with Gasteiger partial charge in [0.1, 0.15) is 0 Å². The SMILES string of the molecule is CN(c1cc(Br)ccc1CCl)C1CCCC1. The molecule has 1 aromatic rings. The first-order chi connectivity index (χ1) is 7.72. The third-order valence-corrected chi connectivity index (χ3v) is 4.22. The summed E-state index contributed by atoms with van der Waals surface area (Å²) in [6.07, 6.45) is 5.34. The highest BCUT2D eigenvalue weighted by molar-refractivity contribution is 9.10. The highest BCUT2D eigenvalue weighted by atomic mass is 79.9. The molecule has 0 saturated heterocycles. The first kappa shape index (κ1) is 12.3. The van der Waals surface area contributed by atoms with E-state index in [0.29, 0.717) is 11.9 Å². The van der Waals surface area contributed by atoms with E-state index in [1.807, 2.05) is 0 Å². The van der Waals surface area contributed by atoms with Crippen molar-refractivity contribution in [3.8, 4) is 0 Å². The molecule has 2 rings (SSSR count). The Kier molecular flexibility index (Phi) is 4.15. The van der Waals surface area contributed by atoms with Gasteiger partial charge in [-0.3, -0.25) is 0 Å². The number of anilines is 1. The quantitative estimate of drug-likeness (QED) is 0.740. The summed E-state index contributed by atoms with van der Waals surface area (Å²) >= 11 is 9.53. The minimum absolute atomic E-state index is 0.583. The smallest absolute Gasteiger partial charge is 0.0494 e. The zero-order chi connectivity index (χ0) is 11.5. The molecule has 1 aliphatic carbocycles. The molecule has 1 aromatic carbocycles. The van der Waals surface area contributed by atoms with Gasteiger partial charge in [0.05, 0.1) is 0 Å². The van der Waals surface area contributed by atoms with Crippen LogP contribution >= 0.6 is 27.5 Å². The molecule has 1 saturated carbocycles. The molecule has 0 radical (unpaired) electrons. The van der Waals surface area contributed by atoms with Crippen LogP contribution in [0.5, 0.6) is 0 Å². The van der Waals surface area contributed by atoms with Crippen molar-refractivity contribution in [2.75, 3.05) is 11.9 Å². The van der Waals surface area contributed by atoms with Gasteiger partial charge in [0, 0.05) is 29.1 Å². The molecular formula is C13H17BrClN. The Morgan fingerprint density at radius 2 is 2.06 bits per heavy atom. The Hall–Kier alpha value is -0.210. The number of hydrogen-bond donors (Lipinski definition) is 0. The normalized spacial score (nSPS) is 16.7. The average molecular weight is 303 g/mol. The van der Waals surface area contributed by atoms with E-state index in [4.69, 9.17) is 11.6 Å². The maximum atomic E-state index is 5.99. The van der Waals surface area contributed by atoms with Crippen LogP contribution in [0.25, 0.3) is 0 Å². The first-order valence-electron chi connectivity index (χ1n) is 5.79. The van der Waals surface area contributed by atoms with E-state index in [2.05, 4.69) is 46.1 Å². The zero-order valence-electron chi connectivity index (χ0n) is 9.55. The molecule has 0 bridgehead atoms. The average Bonchev–Trinajstić information content (AvgIpc) is 2.81. The molecule has 0 N–H and O–H groups in total. The van der Waals surface area contributed by atoms with Crippen molar-refractivity contribution in [1.29, 1.82) is 0 Å². The summed E-state index contributed by atoms with van der Waals surface area (Å²) in [5.74, 6) is 0.583. The summed E-state index contributed by atoms with van der Waals surface area (Å²) in [6.45, 7) is 0. The van der Waals surface area contributed by atoms with Gasteiger partial charge in [-0.1, -0.05) is 34.8 Å². The van der Waals surface area contributed by atoms with Crippen molar-refractivity contribution in [1.82, 2.24) is 0 Å². The number of alkyl halides is 1. The molecular weight excluding hydrogens is 286 g/mol. The van der Waals surface area contributed by atoms with Crippen LogP contribution in [-0.4, -0.2) is 13.1 Å². The molecule has 16 heavy (non-hydrogen) atoms. The van der Waals surface area contributed by atoms with Gasteiger partial charge in [0.2, 0.25) is 0 Å². The monoisotopic (exact) mass is 301 g/mol. The highest BCUT2D eigenvalue weighted by Crippen LogP contribution is 2.31. The lowest BCUT2D eigenvalue weighted by Crippen LogP contribution is -2.29. The third-order valence-electron chi connectivity index (χ3n) is 3.44. The summed E-state index contributed by atoms with van der Waals surface area (Å²) < 4.78 is 1.13. The Balaban J connectivity index is 2.26. The first-order valence-corrected chi connectivity index (χ1v) is 7.12. The zero-order valence-corrected chi connectivity index (χ0v) is 11.9. The molecule has 88 valence electrons. The Labute approximate surface area is 111 Å². The van der Waals surface area contributed by atoms with Gasteiger partial charge < -0.3 is 4.90 Å². The minimum Gasteiger partial charge on any atom is -0.371 e. The fourth-order valence-electron chi connectivity index (χ4n) is 2.47. The van der Waals surface area contributed by atoms with E-state index in [1.54, 1.807) is 0 Å². The second-order valence-electron chi connectivity index (χ2n) is 4.46. The second kappa shape index (κ2) is 5.42. The van der Waals surface area contributed by atoms with Crippen molar-refractivity contribution in [2.24, 2.45) is 0 Å². The topological polar surface area (TPSA) is 3.24 Å². The molecule has 1 aliphatic rings. The molecule has 0 atom stereocenters. The second-order valence-corrected chi connectivity index (χ2v) is 5.64. The predicted octanol–water partition coefficient (Wildman–Crippen LogP) is 4.57. The van der Waals surface area contributed by atoms with E-state index in [0.717, 1.165) is 4.47 Å². The molecule has 0 spiro atoms. The molecule has 1 nitrogen and oxygen atoms in total. The van der Waals surface area contributed by atoms with Gasteiger partial charge in [0.15, 0.2) is 0 Å². The van der Waals surface area contributed by atoms with Crippen LogP contribution in [-0.2, 0) is 5.88 Å². The summed E-state index contributed by atoms with van der Waals surface area (Å²) in [7, 11) is 2.19. The van der Waals surface area contributed by atoms with E-state index >= 15 is 0 Å². The number of rotatable bonds is 3.